The molecule has 0 saturated heterocycles. The molecule has 0 aliphatic rings. The maximum Gasteiger partial charge on any atom is 0.337 e. The van der Waals surface area contributed by atoms with Gasteiger partial charge in [0, 0.05) is 10.7 Å². The number of hydrogen-bond donors (Lipinski definition) is 3. The van der Waals surface area contributed by atoms with Crippen molar-refractivity contribution < 1.29 is 14.7 Å². The molecule has 4 N–H and O–H groups in total. The maximum absolute atomic E-state index is 10.8. The number of rotatable bonds is 4. The molecule has 0 heterocycles. The molecular formula is C9H9ClN2O3. The third-order valence-corrected chi connectivity index (χ3v) is 1.90. The zero-order valence-corrected chi connectivity index (χ0v) is 8.41. The lowest BCUT2D eigenvalue weighted by molar-refractivity contribution is -0.116. The molecule has 1 amide bonds. The first-order valence-corrected chi connectivity index (χ1v) is 4.43. The molecule has 0 aromatic heterocycles. The molecule has 0 saturated carbocycles. The first kappa shape index (κ1) is 11.3. The van der Waals surface area contributed by atoms with Gasteiger partial charge in [0.05, 0.1) is 12.1 Å². The summed E-state index contributed by atoms with van der Waals surface area (Å²) in [6, 6.07) is 4.30. The third-order valence-electron chi connectivity index (χ3n) is 1.67. The highest BCUT2D eigenvalue weighted by Gasteiger charge is 2.10. The molecule has 5 nitrogen and oxygen atoms in total. The highest BCUT2D eigenvalue weighted by molar-refractivity contribution is 6.31. The van der Waals surface area contributed by atoms with Crippen molar-refractivity contribution in [2.45, 2.75) is 0 Å². The topological polar surface area (TPSA) is 92.4 Å². The van der Waals surface area contributed by atoms with Crippen molar-refractivity contribution in [1.82, 2.24) is 0 Å². The van der Waals surface area contributed by atoms with E-state index in [-0.39, 0.29) is 12.1 Å². The van der Waals surface area contributed by atoms with Crippen molar-refractivity contribution in [3.63, 3.8) is 0 Å². The van der Waals surface area contributed by atoms with Crippen LogP contribution >= 0.6 is 11.6 Å². The van der Waals surface area contributed by atoms with Gasteiger partial charge in [0.2, 0.25) is 5.91 Å². The number of carbonyl (C=O) groups is 2. The monoisotopic (exact) mass is 228 g/mol. The van der Waals surface area contributed by atoms with Gasteiger partial charge in [-0.15, -0.1) is 0 Å². The molecule has 80 valence electrons. The maximum atomic E-state index is 10.8. The summed E-state index contributed by atoms with van der Waals surface area (Å²) in [6.45, 7) is -0.123. The summed E-state index contributed by atoms with van der Waals surface area (Å²) in [5, 5.41) is 11.8. The summed E-state index contributed by atoms with van der Waals surface area (Å²) in [5.74, 6) is -1.69. The predicted molar refractivity (Wildman–Crippen MR) is 56.1 cm³/mol. The number of hydrogen-bond acceptors (Lipinski definition) is 3. The molecule has 0 fully saturated rings. The Morgan fingerprint density at radius 2 is 2.13 bits per heavy atom. The Kier molecular flexibility index (Phi) is 3.51. The van der Waals surface area contributed by atoms with Crippen molar-refractivity contribution in [2.75, 3.05) is 11.9 Å². The molecular weight excluding hydrogens is 220 g/mol. The predicted octanol–water partition coefficient (Wildman–Crippen LogP) is 0.935. The Balaban J connectivity index is 2.95. The van der Waals surface area contributed by atoms with Crippen molar-refractivity contribution in [2.24, 2.45) is 5.73 Å². The average molecular weight is 229 g/mol. The van der Waals surface area contributed by atoms with Crippen LogP contribution in [0.2, 0.25) is 5.02 Å². The zero-order chi connectivity index (χ0) is 11.4. The quantitative estimate of drug-likeness (QED) is 0.715. The molecule has 0 bridgehead atoms. The zero-order valence-electron chi connectivity index (χ0n) is 7.66. The number of carbonyl (C=O) groups excluding carboxylic acids is 1. The van der Waals surface area contributed by atoms with Crippen LogP contribution in [0.25, 0.3) is 0 Å². The molecule has 0 spiro atoms. The molecule has 1 rings (SSSR count). The van der Waals surface area contributed by atoms with Crippen LogP contribution in [0, 0.1) is 0 Å². The lowest BCUT2D eigenvalue weighted by Gasteiger charge is -2.07. The Bertz CT molecular complexity index is 406. The second kappa shape index (κ2) is 4.65. The fourth-order valence-corrected chi connectivity index (χ4v) is 1.20. The van der Waals surface area contributed by atoms with Crippen molar-refractivity contribution in [3.8, 4) is 0 Å². The first-order chi connectivity index (χ1) is 7.00. The number of anilines is 1. The van der Waals surface area contributed by atoms with Gasteiger partial charge in [0.1, 0.15) is 0 Å². The standard InChI is InChI=1S/C9H9ClN2O3/c10-5-1-2-7(12-4-8(11)13)6(3-5)9(14)15/h1-3,12H,4H2,(H2,11,13)(H,14,15). The van der Waals surface area contributed by atoms with Gasteiger partial charge < -0.3 is 16.2 Å². The molecule has 6 heteroatoms. The number of aromatic carboxylic acids is 1. The van der Waals surface area contributed by atoms with E-state index >= 15 is 0 Å². The highest BCUT2D eigenvalue weighted by Crippen LogP contribution is 2.20. The molecule has 0 atom stereocenters. The van der Waals surface area contributed by atoms with E-state index in [1.54, 1.807) is 0 Å². The second-order valence-corrected chi connectivity index (χ2v) is 3.25. The highest BCUT2D eigenvalue weighted by atomic mass is 35.5. The fraction of sp³-hybridized carbons (Fsp3) is 0.111. The lowest BCUT2D eigenvalue weighted by atomic mass is 10.2. The van der Waals surface area contributed by atoms with E-state index < -0.39 is 11.9 Å². The normalized spacial score (nSPS) is 9.67. The number of carboxylic acids is 1. The van der Waals surface area contributed by atoms with E-state index in [0.717, 1.165) is 0 Å². The van der Waals surface area contributed by atoms with Crippen molar-refractivity contribution in [1.29, 1.82) is 0 Å². The van der Waals surface area contributed by atoms with Crippen LogP contribution in [-0.2, 0) is 4.79 Å². The molecule has 0 aliphatic carbocycles. The van der Waals surface area contributed by atoms with Gasteiger partial charge in [-0.05, 0) is 18.2 Å². The largest absolute Gasteiger partial charge is 0.478 e. The van der Waals surface area contributed by atoms with Crippen LogP contribution < -0.4 is 11.1 Å². The van der Waals surface area contributed by atoms with Gasteiger partial charge in [-0.25, -0.2) is 4.79 Å². The van der Waals surface area contributed by atoms with Crippen LogP contribution in [0.5, 0.6) is 0 Å². The minimum Gasteiger partial charge on any atom is -0.478 e. The van der Waals surface area contributed by atoms with E-state index in [4.69, 9.17) is 22.4 Å². The Hall–Kier alpha value is -1.75. The molecule has 1 aromatic carbocycles. The van der Waals surface area contributed by atoms with Crippen LogP contribution in [0.15, 0.2) is 18.2 Å². The van der Waals surface area contributed by atoms with Gasteiger partial charge in [-0.3, -0.25) is 4.79 Å². The van der Waals surface area contributed by atoms with E-state index in [1.807, 2.05) is 0 Å². The summed E-state index contributed by atoms with van der Waals surface area (Å²) in [4.78, 5) is 21.3. The third kappa shape index (κ3) is 3.14. The molecule has 0 unspecified atom stereocenters. The summed E-state index contributed by atoms with van der Waals surface area (Å²) >= 11 is 5.64. The lowest BCUT2D eigenvalue weighted by Crippen LogP contribution is -2.22. The van der Waals surface area contributed by atoms with E-state index in [9.17, 15) is 9.59 Å². The Morgan fingerprint density at radius 1 is 1.47 bits per heavy atom. The Labute approximate surface area is 90.8 Å². The van der Waals surface area contributed by atoms with Gasteiger partial charge in [0.15, 0.2) is 0 Å². The summed E-state index contributed by atoms with van der Waals surface area (Å²) in [6.07, 6.45) is 0. The number of benzene rings is 1. The number of primary amides is 1. The number of carboxylic acid groups (broad SMARTS) is 1. The summed E-state index contributed by atoms with van der Waals surface area (Å²) in [5.41, 5.74) is 5.24. The van der Waals surface area contributed by atoms with Crippen LogP contribution in [-0.4, -0.2) is 23.5 Å². The number of amides is 1. The Morgan fingerprint density at radius 3 is 2.67 bits per heavy atom. The van der Waals surface area contributed by atoms with Crippen LogP contribution in [0.3, 0.4) is 0 Å². The van der Waals surface area contributed by atoms with Gasteiger partial charge in [-0.2, -0.15) is 0 Å². The molecule has 0 aliphatic heterocycles. The number of nitrogens with one attached hydrogen (secondary N) is 1. The number of nitrogens with two attached hydrogens (primary N) is 1. The van der Waals surface area contributed by atoms with Crippen LogP contribution in [0.1, 0.15) is 10.4 Å². The fourth-order valence-electron chi connectivity index (χ4n) is 1.03. The summed E-state index contributed by atoms with van der Waals surface area (Å²) < 4.78 is 0. The number of halogens is 1. The van der Waals surface area contributed by atoms with E-state index in [2.05, 4.69) is 5.32 Å². The SMILES string of the molecule is NC(=O)CNc1ccc(Cl)cc1C(=O)O. The average Bonchev–Trinajstić information content (AvgIpc) is 2.15. The van der Waals surface area contributed by atoms with Crippen LogP contribution in [0.4, 0.5) is 5.69 Å². The minimum absolute atomic E-state index is 0.00347. The minimum atomic E-state index is -1.12. The van der Waals surface area contributed by atoms with Gasteiger partial charge in [0.25, 0.3) is 0 Å². The van der Waals surface area contributed by atoms with Gasteiger partial charge >= 0.3 is 5.97 Å². The molecule has 1 aromatic rings. The van der Waals surface area contributed by atoms with Gasteiger partial charge in [-0.1, -0.05) is 11.6 Å². The second-order valence-electron chi connectivity index (χ2n) is 2.81. The first-order valence-electron chi connectivity index (χ1n) is 4.05. The van der Waals surface area contributed by atoms with E-state index in [0.29, 0.717) is 10.7 Å². The van der Waals surface area contributed by atoms with Crippen molar-refractivity contribution in [3.05, 3.63) is 28.8 Å². The molecule has 15 heavy (non-hydrogen) atoms. The molecule has 0 radical (unpaired) electrons. The van der Waals surface area contributed by atoms with E-state index in [1.165, 1.54) is 18.2 Å². The smallest absolute Gasteiger partial charge is 0.337 e. The van der Waals surface area contributed by atoms with Crippen molar-refractivity contribution >= 4 is 29.2 Å². The summed E-state index contributed by atoms with van der Waals surface area (Å²) in [7, 11) is 0.